The van der Waals surface area contributed by atoms with Gasteiger partial charge in [0, 0.05) is 17.0 Å². The summed E-state index contributed by atoms with van der Waals surface area (Å²) in [7, 11) is 3.89. The molecular formula is C14H26N2O2S2. The molecule has 0 saturated carbocycles. The lowest BCUT2D eigenvalue weighted by atomic mass is 9.99. The largest absolute Gasteiger partial charge is 0.480 e. The van der Waals surface area contributed by atoms with Crippen LogP contribution in [0.3, 0.4) is 0 Å². The van der Waals surface area contributed by atoms with E-state index >= 15 is 0 Å². The van der Waals surface area contributed by atoms with E-state index in [1.807, 2.05) is 21.6 Å². The highest BCUT2D eigenvalue weighted by Crippen LogP contribution is 2.48. The van der Waals surface area contributed by atoms with Crippen LogP contribution in [0.15, 0.2) is 0 Å². The first kappa shape index (κ1) is 16.5. The minimum Gasteiger partial charge on any atom is -0.480 e. The van der Waals surface area contributed by atoms with Crippen molar-refractivity contribution >= 4 is 27.6 Å². The van der Waals surface area contributed by atoms with Crippen LogP contribution in [0, 0.1) is 0 Å². The van der Waals surface area contributed by atoms with Crippen molar-refractivity contribution < 1.29 is 9.90 Å². The van der Waals surface area contributed by atoms with Crippen LogP contribution < -0.4 is 10.6 Å². The first-order valence-corrected chi connectivity index (χ1v) is 10.0. The third kappa shape index (κ3) is 5.13. The number of aliphatic carboxylic acids is 1. The van der Waals surface area contributed by atoms with E-state index in [0.29, 0.717) is 0 Å². The highest BCUT2D eigenvalue weighted by atomic mass is 33.1. The van der Waals surface area contributed by atoms with Crippen molar-refractivity contribution in [2.75, 3.05) is 25.4 Å². The lowest BCUT2D eigenvalue weighted by molar-refractivity contribution is -0.139. The summed E-state index contributed by atoms with van der Waals surface area (Å²) < 4.78 is 0.222. The summed E-state index contributed by atoms with van der Waals surface area (Å²) in [6.45, 7) is 2.97. The van der Waals surface area contributed by atoms with Crippen molar-refractivity contribution in [2.24, 2.45) is 0 Å². The molecule has 0 aliphatic carbocycles. The summed E-state index contributed by atoms with van der Waals surface area (Å²) in [4.78, 5) is 11.4. The lowest BCUT2D eigenvalue weighted by Crippen LogP contribution is -2.45. The molecule has 0 aromatic heterocycles. The smallest absolute Gasteiger partial charge is 0.320 e. The molecular weight excluding hydrogens is 292 g/mol. The zero-order valence-corrected chi connectivity index (χ0v) is 13.7. The van der Waals surface area contributed by atoms with E-state index in [0.717, 1.165) is 45.3 Å². The molecule has 2 atom stereocenters. The standard InChI is InChI=1S/C14H26N2O2S2/c17-13(18)12-5-3-1-2-4-8-15-9-6-14(11-16-12)7-10-19-20-14/h12,15-16H,1-11H2,(H,17,18). The topological polar surface area (TPSA) is 61.4 Å². The van der Waals surface area contributed by atoms with Gasteiger partial charge in [0.15, 0.2) is 0 Å². The van der Waals surface area contributed by atoms with Crippen LogP contribution in [0.25, 0.3) is 0 Å². The second-order valence-electron chi connectivity index (χ2n) is 5.81. The lowest BCUT2D eigenvalue weighted by Gasteiger charge is -2.29. The molecule has 3 N–H and O–H groups in total. The highest BCUT2D eigenvalue weighted by molar-refractivity contribution is 8.77. The third-order valence-corrected chi connectivity index (χ3v) is 7.51. The van der Waals surface area contributed by atoms with E-state index < -0.39 is 5.97 Å². The zero-order chi connectivity index (χ0) is 14.3. The predicted molar refractivity (Wildman–Crippen MR) is 87.4 cm³/mol. The van der Waals surface area contributed by atoms with Gasteiger partial charge in [-0.15, -0.1) is 0 Å². The second-order valence-corrected chi connectivity index (χ2v) is 8.70. The fourth-order valence-electron chi connectivity index (χ4n) is 2.82. The molecule has 2 aliphatic heterocycles. The SMILES string of the molecule is O=C(O)C1CCCCCCNCCC2(CCSS2)CN1. The summed E-state index contributed by atoms with van der Waals surface area (Å²) in [5, 5.41) is 16.2. The summed E-state index contributed by atoms with van der Waals surface area (Å²) >= 11 is 0. The molecule has 116 valence electrons. The molecule has 2 fully saturated rings. The van der Waals surface area contributed by atoms with Crippen molar-refractivity contribution in [3.63, 3.8) is 0 Å². The number of hydrogen-bond donors (Lipinski definition) is 3. The Labute approximate surface area is 129 Å². The van der Waals surface area contributed by atoms with Gasteiger partial charge in [0.25, 0.3) is 0 Å². The Morgan fingerprint density at radius 2 is 2.00 bits per heavy atom. The first-order chi connectivity index (χ1) is 9.72. The van der Waals surface area contributed by atoms with Crippen LogP contribution in [-0.2, 0) is 4.79 Å². The summed E-state index contributed by atoms with van der Waals surface area (Å²) in [6.07, 6.45) is 7.64. The Morgan fingerprint density at radius 1 is 1.15 bits per heavy atom. The van der Waals surface area contributed by atoms with Crippen LogP contribution in [0.2, 0.25) is 0 Å². The van der Waals surface area contributed by atoms with E-state index in [-0.39, 0.29) is 10.8 Å². The van der Waals surface area contributed by atoms with Gasteiger partial charge in [-0.3, -0.25) is 4.79 Å². The average molecular weight is 319 g/mol. The molecule has 20 heavy (non-hydrogen) atoms. The highest BCUT2D eigenvalue weighted by Gasteiger charge is 2.36. The summed E-state index contributed by atoms with van der Waals surface area (Å²) in [6, 6.07) is -0.369. The molecule has 2 unspecified atom stereocenters. The van der Waals surface area contributed by atoms with Gasteiger partial charge in [-0.2, -0.15) is 0 Å². The normalized spacial score (nSPS) is 34.1. The Bertz CT molecular complexity index is 310. The molecule has 2 saturated heterocycles. The molecule has 6 heteroatoms. The van der Waals surface area contributed by atoms with Crippen LogP contribution in [0.4, 0.5) is 0 Å². The van der Waals surface area contributed by atoms with Crippen molar-refractivity contribution in [3.8, 4) is 0 Å². The van der Waals surface area contributed by atoms with Crippen molar-refractivity contribution in [2.45, 2.75) is 55.7 Å². The fourth-order valence-corrected chi connectivity index (χ4v) is 6.20. The van der Waals surface area contributed by atoms with Crippen LogP contribution in [0.5, 0.6) is 0 Å². The molecule has 0 amide bonds. The van der Waals surface area contributed by atoms with Gasteiger partial charge in [0.1, 0.15) is 6.04 Å². The number of hydrogen-bond acceptors (Lipinski definition) is 5. The Kier molecular flexibility index (Phi) is 7.01. The predicted octanol–water partition coefficient (Wildman–Crippen LogP) is 2.50. The number of nitrogens with one attached hydrogen (secondary N) is 2. The van der Waals surface area contributed by atoms with E-state index in [2.05, 4.69) is 10.6 Å². The van der Waals surface area contributed by atoms with Crippen molar-refractivity contribution in [3.05, 3.63) is 0 Å². The van der Waals surface area contributed by atoms with E-state index in [9.17, 15) is 9.90 Å². The van der Waals surface area contributed by atoms with Gasteiger partial charge >= 0.3 is 5.97 Å². The number of carboxylic acid groups (broad SMARTS) is 1. The summed E-state index contributed by atoms with van der Waals surface area (Å²) in [5.74, 6) is 0.494. The average Bonchev–Trinajstić information content (AvgIpc) is 2.89. The number of carboxylic acids is 1. The molecule has 0 aromatic carbocycles. The maximum Gasteiger partial charge on any atom is 0.320 e. The number of rotatable bonds is 1. The van der Waals surface area contributed by atoms with Gasteiger partial charge < -0.3 is 15.7 Å². The van der Waals surface area contributed by atoms with Gasteiger partial charge in [-0.1, -0.05) is 40.9 Å². The first-order valence-electron chi connectivity index (χ1n) is 7.69. The van der Waals surface area contributed by atoms with E-state index in [1.165, 1.54) is 25.0 Å². The van der Waals surface area contributed by atoms with Gasteiger partial charge in [0.2, 0.25) is 0 Å². The molecule has 2 heterocycles. The van der Waals surface area contributed by atoms with E-state index in [4.69, 9.17) is 0 Å². The molecule has 1 spiro atoms. The maximum atomic E-state index is 11.4. The quantitative estimate of drug-likeness (QED) is 0.646. The zero-order valence-electron chi connectivity index (χ0n) is 12.0. The Morgan fingerprint density at radius 3 is 2.75 bits per heavy atom. The monoisotopic (exact) mass is 318 g/mol. The Balaban J connectivity index is 1.94. The minimum absolute atomic E-state index is 0.222. The molecule has 2 rings (SSSR count). The van der Waals surface area contributed by atoms with Crippen LogP contribution in [0.1, 0.15) is 44.9 Å². The van der Waals surface area contributed by atoms with Crippen molar-refractivity contribution in [1.29, 1.82) is 0 Å². The van der Waals surface area contributed by atoms with Gasteiger partial charge in [-0.25, -0.2) is 0 Å². The minimum atomic E-state index is -0.691. The fraction of sp³-hybridized carbons (Fsp3) is 0.929. The Hall–Kier alpha value is 0.0900. The molecule has 2 aliphatic rings. The van der Waals surface area contributed by atoms with E-state index in [1.54, 1.807) is 0 Å². The third-order valence-electron chi connectivity index (χ3n) is 4.20. The molecule has 0 aromatic rings. The molecule has 4 nitrogen and oxygen atoms in total. The molecule has 0 bridgehead atoms. The van der Waals surface area contributed by atoms with Gasteiger partial charge in [0.05, 0.1) is 0 Å². The maximum absolute atomic E-state index is 11.4. The van der Waals surface area contributed by atoms with Crippen LogP contribution in [-0.4, -0.2) is 47.3 Å². The number of carbonyl (C=O) groups is 1. The van der Waals surface area contributed by atoms with Crippen molar-refractivity contribution in [1.82, 2.24) is 10.6 Å². The van der Waals surface area contributed by atoms with Crippen LogP contribution >= 0.6 is 21.6 Å². The summed E-state index contributed by atoms with van der Waals surface area (Å²) in [5.41, 5.74) is 0. The van der Waals surface area contributed by atoms with Gasteiger partial charge in [-0.05, 0) is 38.8 Å². The second kappa shape index (κ2) is 8.51. The molecule has 0 radical (unpaired) electrons.